The van der Waals surface area contributed by atoms with Crippen molar-refractivity contribution in [2.24, 2.45) is 0 Å². The van der Waals surface area contributed by atoms with Crippen molar-refractivity contribution in [3.63, 3.8) is 0 Å². The Balaban J connectivity index is 2.04. The molecule has 0 amide bonds. The largest absolute Gasteiger partial charge is 0.236 e. The van der Waals surface area contributed by atoms with E-state index in [-0.39, 0.29) is 5.82 Å². The average Bonchev–Trinajstić information content (AvgIpc) is 2.92. The van der Waals surface area contributed by atoms with Gasteiger partial charge in [-0.3, -0.25) is 0 Å². The third-order valence-electron chi connectivity index (χ3n) is 2.73. The first-order valence-corrected chi connectivity index (χ1v) is 6.96. The van der Waals surface area contributed by atoms with E-state index in [0.29, 0.717) is 15.6 Å². The summed E-state index contributed by atoms with van der Waals surface area (Å²) in [5.41, 5.74) is 2.31. The van der Waals surface area contributed by atoms with Crippen LogP contribution in [0.5, 0.6) is 0 Å². The maximum atomic E-state index is 13.8. The minimum atomic E-state index is -0.307. The van der Waals surface area contributed by atoms with Crippen LogP contribution in [0.15, 0.2) is 53.9 Å². The molecule has 0 bridgehead atoms. The van der Waals surface area contributed by atoms with Crippen LogP contribution in [-0.2, 0) is 0 Å². The Morgan fingerprint density at radius 1 is 1.05 bits per heavy atom. The smallest absolute Gasteiger partial charge is 0.133 e. The summed E-state index contributed by atoms with van der Waals surface area (Å²) in [6.45, 7) is 0. The van der Waals surface area contributed by atoms with Gasteiger partial charge in [-0.05, 0) is 18.2 Å². The molecule has 0 aliphatic rings. The second-order valence-electron chi connectivity index (χ2n) is 4.03. The van der Waals surface area contributed by atoms with Crippen LogP contribution in [0, 0.1) is 5.82 Å². The number of nitrogens with zero attached hydrogens (tertiary/aromatic N) is 1. The molecule has 2 aromatic carbocycles. The Hall–Kier alpha value is -1.71. The molecule has 0 aliphatic carbocycles. The maximum Gasteiger partial charge on any atom is 0.133 e. The lowest BCUT2D eigenvalue weighted by Gasteiger charge is -1.99. The maximum absolute atomic E-state index is 13.8. The van der Waals surface area contributed by atoms with Crippen molar-refractivity contribution in [3.8, 4) is 21.8 Å². The molecule has 1 aromatic heterocycles. The molecule has 0 unspecified atom stereocenters. The summed E-state index contributed by atoms with van der Waals surface area (Å²) in [5.74, 6) is -0.307. The standard InChI is InChI=1S/C15H9ClFNS/c16-11-6-7-13(17)12(8-11)15-18-14(9-19-15)10-4-2-1-3-5-10/h1-9H. The zero-order valence-corrected chi connectivity index (χ0v) is 11.4. The quantitative estimate of drug-likeness (QED) is 0.626. The lowest BCUT2D eigenvalue weighted by atomic mass is 10.2. The minimum Gasteiger partial charge on any atom is -0.236 e. The van der Waals surface area contributed by atoms with E-state index in [1.165, 1.54) is 23.5 Å². The molecule has 4 heteroatoms. The molecule has 0 saturated heterocycles. The molecule has 1 nitrogen and oxygen atoms in total. The van der Waals surface area contributed by atoms with Gasteiger partial charge in [0.2, 0.25) is 0 Å². The van der Waals surface area contributed by atoms with Gasteiger partial charge >= 0.3 is 0 Å². The molecule has 0 spiro atoms. The van der Waals surface area contributed by atoms with E-state index >= 15 is 0 Å². The van der Waals surface area contributed by atoms with E-state index in [1.54, 1.807) is 6.07 Å². The molecule has 19 heavy (non-hydrogen) atoms. The number of benzene rings is 2. The highest BCUT2D eigenvalue weighted by Gasteiger charge is 2.11. The third-order valence-corrected chi connectivity index (χ3v) is 3.84. The topological polar surface area (TPSA) is 12.9 Å². The van der Waals surface area contributed by atoms with Gasteiger partial charge in [-0.2, -0.15) is 0 Å². The summed E-state index contributed by atoms with van der Waals surface area (Å²) < 4.78 is 13.8. The molecule has 0 atom stereocenters. The Morgan fingerprint density at radius 2 is 1.84 bits per heavy atom. The van der Waals surface area contributed by atoms with Gasteiger partial charge in [0, 0.05) is 21.5 Å². The van der Waals surface area contributed by atoms with Crippen LogP contribution in [0.25, 0.3) is 21.8 Å². The highest BCUT2D eigenvalue weighted by molar-refractivity contribution is 7.13. The molecule has 0 radical (unpaired) electrons. The van der Waals surface area contributed by atoms with E-state index in [1.807, 2.05) is 35.7 Å². The Bertz CT molecular complexity index is 709. The van der Waals surface area contributed by atoms with Gasteiger partial charge in [0.1, 0.15) is 10.8 Å². The van der Waals surface area contributed by atoms with Crippen molar-refractivity contribution >= 4 is 22.9 Å². The number of halogens is 2. The molecule has 0 fully saturated rings. The van der Waals surface area contributed by atoms with Gasteiger partial charge in [-0.1, -0.05) is 41.9 Å². The van der Waals surface area contributed by atoms with Crippen LogP contribution in [0.4, 0.5) is 4.39 Å². The third kappa shape index (κ3) is 2.53. The van der Waals surface area contributed by atoms with Gasteiger partial charge in [-0.15, -0.1) is 11.3 Å². The summed E-state index contributed by atoms with van der Waals surface area (Å²) in [6.07, 6.45) is 0. The number of hydrogen-bond donors (Lipinski definition) is 0. The van der Waals surface area contributed by atoms with Crippen LogP contribution < -0.4 is 0 Å². The zero-order chi connectivity index (χ0) is 13.2. The van der Waals surface area contributed by atoms with Crippen LogP contribution in [0.3, 0.4) is 0 Å². The van der Waals surface area contributed by atoms with E-state index in [2.05, 4.69) is 4.98 Å². The van der Waals surface area contributed by atoms with Crippen molar-refractivity contribution in [2.75, 3.05) is 0 Å². The molecule has 94 valence electrons. The fourth-order valence-corrected chi connectivity index (χ4v) is 2.82. The number of rotatable bonds is 2. The Labute approximate surface area is 119 Å². The second-order valence-corrected chi connectivity index (χ2v) is 5.32. The van der Waals surface area contributed by atoms with Crippen molar-refractivity contribution < 1.29 is 4.39 Å². The molecule has 3 rings (SSSR count). The van der Waals surface area contributed by atoms with E-state index in [0.717, 1.165) is 11.3 Å². The predicted octanol–water partition coefficient (Wildman–Crippen LogP) is 5.27. The summed E-state index contributed by atoms with van der Waals surface area (Å²) in [6, 6.07) is 14.3. The number of hydrogen-bond acceptors (Lipinski definition) is 2. The van der Waals surface area contributed by atoms with E-state index in [9.17, 15) is 4.39 Å². The monoisotopic (exact) mass is 289 g/mol. The molecule has 0 aliphatic heterocycles. The van der Waals surface area contributed by atoms with Crippen LogP contribution in [0.2, 0.25) is 5.02 Å². The van der Waals surface area contributed by atoms with Crippen LogP contribution >= 0.6 is 22.9 Å². The van der Waals surface area contributed by atoms with Crippen LogP contribution in [-0.4, -0.2) is 4.98 Å². The first-order chi connectivity index (χ1) is 9.24. The lowest BCUT2D eigenvalue weighted by Crippen LogP contribution is -1.84. The summed E-state index contributed by atoms with van der Waals surface area (Å²) in [4.78, 5) is 4.47. The van der Waals surface area contributed by atoms with Gasteiger partial charge in [0.25, 0.3) is 0 Å². The SMILES string of the molecule is Fc1ccc(Cl)cc1-c1nc(-c2ccccc2)cs1. The Kier molecular flexibility index (Phi) is 3.32. The normalized spacial score (nSPS) is 10.6. The van der Waals surface area contributed by atoms with Crippen LogP contribution in [0.1, 0.15) is 0 Å². The molecule has 3 aromatic rings. The first-order valence-electron chi connectivity index (χ1n) is 5.70. The highest BCUT2D eigenvalue weighted by Crippen LogP contribution is 2.31. The van der Waals surface area contributed by atoms with Gasteiger partial charge in [0.05, 0.1) is 5.69 Å². The first kappa shape index (κ1) is 12.3. The Morgan fingerprint density at radius 3 is 2.63 bits per heavy atom. The van der Waals surface area contributed by atoms with Crippen molar-refractivity contribution in [1.82, 2.24) is 4.98 Å². The van der Waals surface area contributed by atoms with Gasteiger partial charge in [0.15, 0.2) is 0 Å². The molecule has 0 saturated carbocycles. The van der Waals surface area contributed by atoms with E-state index in [4.69, 9.17) is 11.6 Å². The fourth-order valence-electron chi connectivity index (χ4n) is 1.80. The van der Waals surface area contributed by atoms with Crippen molar-refractivity contribution in [2.45, 2.75) is 0 Å². The fraction of sp³-hybridized carbons (Fsp3) is 0. The highest BCUT2D eigenvalue weighted by atomic mass is 35.5. The predicted molar refractivity (Wildman–Crippen MR) is 78.0 cm³/mol. The number of thiazole rings is 1. The molecular formula is C15H9ClFNS. The zero-order valence-electron chi connectivity index (χ0n) is 9.81. The summed E-state index contributed by atoms with van der Waals surface area (Å²) in [5, 5.41) is 3.07. The van der Waals surface area contributed by atoms with Crippen molar-refractivity contribution in [1.29, 1.82) is 0 Å². The molecule has 1 heterocycles. The second kappa shape index (κ2) is 5.11. The number of aromatic nitrogens is 1. The molecule has 0 N–H and O–H groups in total. The summed E-state index contributed by atoms with van der Waals surface area (Å²) >= 11 is 7.31. The van der Waals surface area contributed by atoms with Gasteiger partial charge < -0.3 is 0 Å². The minimum absolute atomic E-state index is 0.307. The van der Waals surface area contributed by atoms with E-state index < -0.39 is 0 Å². The van der Waals surface area contributed by atoms with Crippen molar-refractivity contribution in [3.05, 3.63) is 64.8 Å². The van der Waals surface area contributed by atoms with Gasteiger partial charge in [-0.25, -0.2) is 9.37 Å². The average molecular weight is 290 g/mol. The molecular weight excluding hydrogens is 281 g/mol. The lowest BCUT2D eigenvalue weighted by molar-refractivity contribution is 0.631. The summed E-state index contributed by atoms with van der Waals surface area (Å²) in [7, 11) is 0.